The summed E-state index contributed by atoms with van der Waals surface area (Å²) in [4.78, 5) is 29.8. The van der Waals surface area contributed by atoms with Crippen molar-refractivity contribution in [2.75, 3.05) is 5.32 Å². The van der Waals surface area contributed by atoms with Crippen LogP contribution in [0.5, 0.6) is 0 Å². The van der Waals surface area contributed by atoms with Crippen molar-refractivity contribution in [2.45, 2.75) is 33.0 Å². The number of rotatable bonds is 5. The summed E-state index contributed by atoms with van der Waals surface area (Å²) in [5.74, 6) is -0.0137. The van der Waals surface area contributed by atoms with Crippen molar-refractivity contribution in [3.8, 4) is 5.69 Å². The Bertz CT molecular complexity index is 1370. The fourth-order valence-corrected chi connectivity index (χ4v) is 3.42. The van der Waals surface area contributed by atoms with E-state index in [-0.39, 0.29) is 24.2 Å². The minimum Gasteiger partial charge on any atom is -0.326 e. The molecule has 0 radical (unpaired) electrons. The third-order valence-corrected chi connectivity index (χ3v) is 5.21. The van der Waals surface area contributed by atoms with E-state index >= 15 is 0 Å². The first-order chi connectivity index (χ1) is 15.6. The first kappa shape index (κ1) is 22.3. The summed E-state index contributed by atoms with van der Waals surface area (Å²) in [7, 11) is 0. The molecule has 0 spiro atoms. The highest BCUT2D eigenvalue weighted by Crippen LogP contribution is 2.29. The minimum absolute atomic E-state index is 0.0545. The van der Waals surface area contributed by atoms with E-state index in [9.17, 15) is 22.8 Å². The van der Waals surface area contributed by atoms with E-state index in [1.54, 1.807) is 11.6 Å². The molecule has 7 nitrogen and oxygen atoms in total. The maximum Gasteiger partial charge on any atom is 0.416 e. The number of carbonyl (C=O) groups excluding carboxylic acids is 1. The molecule has 0 fully saturated rings. The number of aromatic nitrogens is 4. The molecule has 0 aliphatic rings. The number of anilines is 1. The van der Waals surface area contributed by atoms with Gasteiger partial charge in [0.1, 0.15) is 11.2 Å². The van der Waals surface area contributed by atoms with Gasteiger partial charge >= 0.3 is 6.18 Å². The number of nitrogens with zero attached hydrogens (tertiary/aromatic N) is 4. The lowest BCUT2D eigenvalue weighted by Gasteiger charge is -2.11. The van der Waals surface area contributed by atoms with Crippen LogP contribution in [0.15, 0.2) is 59.5 Å². The molecule has 1 N–H and O–H groups in total. The van der Waals surface area contributed by atoms with Crippen LogP contribution in [0.2, 0.25) is 0 Å². The molecule has 0 unspecified atom stereocenters. The van der Waals surface area contributed by atoms with Gasteiger partial charge in [-0.15, -0.1) is 0 Å². The van der Waals surface area contributed by atoms with E-state index in [1.807, 2.05) is 31.2 Å². The number of fused-ring (bicyclic) bond motifs is 1. The summed E-state index contributed by atoms with van der Waals surface area (Å²) in [6, 6.07) is 11.8. The zero-order valence-electron chi connectivity index (χ0n) is 17.8. The molecule has 170 valence electrons. The summed E-state index contributed by atoms with van der Waals surface area (Å²) in [6.45, 7) is 3.70. The molecule has 0 bridgehead atoms. The van der Waals surface area contributed by atoms with Crippen molar-refractivity contribution in [3.63, 3.8) is 0 Å². The van der Waals surface area contributed by atoms with Crippen LogP contribution in [0.25, 0.3) is 16.7 Å². The van der Waals surface area contributed by atoms with E-state index in [0.717, 1.165) is 23.4 Å². The molecule has 10 heteroatoms. The van der Waals surface area contributed by atoms with Crippen LogP contribution in [0.4, 0.5) is 18.9 Å². The van der Waals surface area contributed by atoms with Crippen molar-refractivity contribution < 1.29 is 18.0 Å². The van der Waals surface area contributed by atoms with Gasteiger partial charge in [-0.25, -0.2) is 9.67 Å². The van der Waals surface area contributed by atoms with Crippen LogP contribution in [0.3, 0.4) is 0 Å². The number of amides is 1. The zero-order valence-corrected chi connectivity index (χ0v) is 17.8. The number of hydrogen-bond donors (Lipinski definition) is 1. The topological polar surface area (TPSA) is 81.8 Å². The van der Waals surface area contributed by atoms with Crippen molar-refractivity contribution >= 4 is 22.6 Å². The zero-order chi connectivity index (χ0) is 23.8. The summed E-state index contributed by atoms with van der Waals surface area (Å²) < 4.78 is 41.0. The number of aryl methyl sites for hydroxylation is 2. The van der Waals surface area contributed by atoms with E-state index in [1.165, 1.54) is 22.9 Å². The molecule has 33 heavy (non-hydrogen) atoms. The van der Waals surface area contributed by atoms with Crippen LogP contribution in [0.1, 0.15) is 23.4 Å². The Kier molecular flexibility index (Phi) is 5.75. The van der Waals surface area contributed by atoms with Crippen molar-refractivity contribution in [2.24, 2.45) is 0 Å². The predicted octanol–water partition coefficient (Wildman–Crippen LogP) is 4.25. The predicted molar refractivity (Wildman–Crippen MR) is 117 cm³/mol. The highest BCUT2D eigenvalue weighted by molar-refractivity contribution is 5.90. The molecule has 0 saturated carbocycles. The Morgan fingerprint density at radius 1 is 1.03 bits per heavy atom. The van der Waals surface area contributed by atoms with Gasteiger partial charge in [0.2, 0.25) is 5.91 Å². The fraction of sp³-hybridized carbons (Fsp3) is 0.217. The van der Waals surface area contributed by atoms with Crippen LogP contribution in [-0.2, 0) is 17.5 Å². The van der Waals surface area contributed by atoms with Crippen molar-refractivity contribution in [1.82, 2.24) is 19.3 Å². The molecular weight excluding hydrogens is 435 g/mol. The van der Waals surface area contributed by atoms with Gasteiger partial charge in [-0.2, -0.15) is 18.3 Å². The Balaban J connectivity index is 1.50. The summed E-state index contributed by atoms with van der Waals surface area (Å²) in [5.41, 5.74) is 1.41. The second-order valence-electron chi connectivity index (χ2n) is 7.62. The number of halogens is 3. The van der Waals surface area contributed by atoms with E-state index in [2.05, 4.69) is 15.4 Å². The Morgan fingerprint density at radius 3 is 2.33 bits per heavy atom. The molecule has 4 aromatic rings. The van der Waals surface area contributed by atoms with Crippen molar-refractivity contribution in [1.29, 1.82) is 0 Å². The van der Waals surface area contributed by atoms with Gasteiger partial charge in [-0.1, -0.05) is 17.7 Å². The minimum atomic E-state index is -4.44. The summed E-state index contributed by atoms with van der Waals surface area (Å²) >= 11 is 0. The monoisotopic (exact) mass is 455 g/mol. The highest BCUT2D eigenvalue weighted by atomic mass is 19.4. The van der Waals surface area contributed by atoms with Crippen LogP contribution < -0.4 is 10.9 Å². The number of carbonyl (C=O) groups is 1. The molecule has 0 aliphatic carbocycles. The van der Waals surface area contributed by atoms with Crippen molar-refractivity contribution in [3.05, 3.63) is 82.0 Å². The third kappa shape index (κ3) is 4.64. The largest absolute Gasteiger partial charge is 0.416 e. The Morgan fingerprint density at radius 2 is 1.70 bits per heavy atom. The SMILES string of the molecule is Cc1ccc(-n2ncc3c(=O)n(CCC(=O)Nc4ccc(C(F)(F)F)cc4)c(C)nc32)cc1. The third-order valence-electron chi connectivity index (χ3n) is 5.21. The smallest absolute Gasteiger partial charge is 0.326 e. The molecular formula is C23H20F3N5O2. The molecule has 0 saturated heterocycles. The maximum absolute atomic E-state index is 13.0. The molecule has 0 atom stereocenters. The number of hydrogen-bond acceptors (Lipinski definition) is 4. The van der Waals surface area contributed by atoms with Crippen LogP contribution in [-0.4, -0.2) is 25.2 Å². The Hall–Kier alpha value is -3.95. The number of alkyl halides is 3. The molecule has 2 heterocycles. The lowest BCUT2D eigenvalue weighted by atomic mass is 10.2. The number of benzene rings is 2. The Labute approximate surface area is 186 Å². The second kappa shape index (κ2) is 8.53. The van der Waals surface area contributed by atoms with Gasteiger partial charge in [0, 0.05) is 18.7 Å². The molecule has 1 amide bonds. The number of nitrogens with one attached hydrogen (secondary N) is 1. The van der Waals surface area contributed by atoms with E-state index < -0.39 is 17.6 Å². The average molecular weight is 455 g/mol. The van der Waals surface area contributed by atoms with Gasteiger partial charge in [0.25, 0.3) is 5.56 Å². The van der Waals surface area contributed by atoms with Gasteiger partial charge in [-0.05, 0) is 50.2 Å². The first-order valence-corrected chi connectivity index (χ1v) is 10.1. The van der Waals surface area contributed by atoms with E-state index in [0.29, 0.717) is 16.9 Å². The van der Waals surface area contributed by atoms with Gasteiger partial charge < -0.3 is 5.32 Å². The quantitative estimate of drug-likeness (QED) is 0.488. The normalized spacial score (nSPS) is 11.7. The van der Waals surface area contributed by atoms with Gasteiger partial charge in [-0.3, -0.25) is 14.2 Å². The lowest BCUT2D eigenvalue weighted by Crippen LogP contribution is -2.26. The first-order valence-electron chi connectivity index (χ1n) is 10.1. The second-order valence-corrected chi connectivity index (χ2v) is 7.62. The lowest BCUT2D eigenvalue weighted by molar-refractivity contribution is -0.137. The molecule has 0 aliphatic heterocycles. The fourth-order valence-electron chi connectivity index (χ4n) is 3.42. The van der Waals surface area contributed by atoms with Crippen LogP contribution >= 0.6 is 0 Å². The average Bonchev–Trinajstić information content (AvgIpc) is 3.18. The molecule has 2 aromatic carbocycles. The van der Waals surface area contributed by atoms with Gasteiger partial charge in [0.05, 0.1) is 17.4 Å². The highest BCUT2D eigenvalue weighted by Gasteiger charge is 2.30. The van der Waals surface area contributed by atoms with Crippen LogP contribution in [0, 0.1) is 13.8 Å². The standard InChI is InChI=1S/C23H20F3N5O2/c1-14-3-9-18(10-4-14)31-21-19(13-27-31)22(33)30(15(2)28-21)12-11-20(32)29-17-7-5-16(6-8-17)23(24,25)26/h3-10,13H,11-12H2,1-2H3,(H,29,32). The molecule has 2 aromatic heterocycles. The summed E-state index contributed by atoms with van der Waals surface area (Å²) in [6.07, 6.45) is -3.05. The molecule has 4 rings (SSSR count). The summed E-state index contributed by atoms with van der Waals surface area (Å²) in [5, 5.41) is 7.16. The van der Waals surface area contributed by atoms with Gasteiger partial charge in [0.15, 0.2) is 5.65 Å². The van der Waals surface area contributed by atoms with E-state index in [4.69, 9.17) is 0 Å². The maximum atomic E-state index is 13.0.